The van der Waals surface area contributed by atoms with Crippen molar-refractivity contribution in [3.05, 3.63) is 35.1 Å². The van der Waals surface area contributed by atoms with Crippen LogP contribution in [0.3, 0.4) is 0 Å². The molecular formula is C9H7N5O2S3. The van der Waals surface area contributed by atoms with E-state index in [1.54, 1.807) is 0 Å². The van der Waals surface area contributed by atoms with Crippen molar-refractivity contribution in [2.45, 2.75) is 4.34 Å². The van der Waals surface area contributed by atoms with Crippen molar-refractivity contribution in [1.29, 1.82) is 0 Å². The average Bonchev–Trinajstić information content (AvgIpc) is 2.92. The number of sulfonamides is 1. The standard InChI is InChI=1S/C9H7N5O2S3/c10-19(15,16)9-12-14-7(18-13-8(14)17-9)11-6-4-2-1-3-5-6/h1-5H,(H2,10,15,16). The van der Waals surface area contributed by atoms with E-state index in [1.807, 2.05) is 30.3 Å². The van der Waals surface area contributed by atoms with Crippen LogP contribution in [0.1, 0.15) is 0 Å². The molecule has 0 bridgehead atoms. The summed E-state index contributed by atoms with van der Waals surface area (Å²) in [5.41, 5.74) is 0.741. The normalized spacial score (nSPS) is 13.2. The first-order chi connectivity index (χ1) is 9.04. The third-order valence-electron chi connectivity index (χ3n) is 2.15. The lowest BCUT2D eigenvalue weighted by molar-refractivity contribution is 0.594. The summed E-state index contributed by atoms with van der Waals surface area (Å²) in [5, 5.41) is 8.95. The first kappa shape index (κ1) is 12.4. The molecule has 2 N–H and O–H groups in total. The largest absolute Gasteiger partial charge is 0.267 e. The van der Waals surface area contributed by atoms with Gasteiger partial charge in [-0.15, -0.1) is 5.10 Å². The highest BCUT2D eigenvalue weighted by atomic mass is 32.2. The summed E-state index contributed by atoms with van der Waals surface area (Å²) in [4.78, 5) is 5.29. The lowest BCUT2D eigenvalue weighted by Gasteiger charge is -1.89. The third-order valence-corrected chi connectivity index (χ3v) is 5.18. The molecule has 19 heavy (non-hydrogen) atoms. The van der Waals surface area contributed by atoms with Crippen LogP contribution < -0.4 is 9.94 Å². The number of benzene rings is 1. The van der Waals surface area contributed by atoms with E-state index in [0.29, 0.717) is 9.76 Å². The van der Waals surface area contributed by atoms with Crippen molar-refractivity contribution in [2.24, 2.45) is 10.1 Å². The Kier molecular flexibility index (Phi) is 2.93. The van der Waals surface area contributed by atoms with E-state index in [1.165, 1.54) is 4.52 Å². The van der Waals surface area contributed by atoms with Gasteiger partial charge in [0, 0.05) is 11.5 Å². The first-order valence-corrected chi connectivity index (χ1v) is 8.16. The van der Waals surface area contributed by atoms with Crippen LogP contribution in [0, 0.1) is 0 Å². The van der Waals surface area contributed by atoms with E-state index in [-0.39, 0.29) is 4.34 Å². The molecule has 0 saturated heterocycles. The van der Waals surface area contributed by atoms with Gasteiger partial charge >= 0.3 is 0 Å². The predicted molar refractivity (Wildman–Crippen MR) is 71.8 cm³/mol. The Hall–Kier alpha value is -1.62. The number of aromatic nitrogens is 3. The number of para-hydroxylation sites is 1. The second-order valence-corrected chi connectivity index (χ2v) is 6.94. The molecule has 0 fully saturated rings. The van der Waals surface area contributed by atoms with Gasteiger partial charge in [-0.2, -0.15) is 8.89 Å². The highest BCUT2D eigenvalue weighted by molar-refractivity contribution is 7.91. The number of nitrogens with zero attached hydrogens (tertiary/aromatic N) is 4. The van der Waals surface area contributed by atoms with Crippen molar-refractivity contribution in [3.8, 4) is 0 Å². The first-order valence-electron chi connectivity index (χ1n) is 5.02. The van der Waals surface area contributed by atoms with Crippen LogP contribution in [-0.4, -0.2) is 22.4 Å². The average molecular weight is 313 g/mol. The zero-order chi connectivity index (χ0) is 13.5. The molecule has 0 unspecified atom stereocenters. The van der Waals surface area contributed by atoms with Crippen molar-refractivity contribution >= 4 is 43.5 Å². The lowest BCUT2D eigenvalue weighted by Crippen LogP contribution is -2.14. The molecule has 7 nitrogen and oxygen atoms in total. The van der Waals surface area contributed by atoms with E-state index >= 15 is 0 Å². The van der Waals surface area contributed by atoms with Gasteiger partial charge in [0.05, 0.1) is 5.69 Å². The highest BCUT2D eigenvalue weighted by Gasteiger charge is 2.16. The molecule has 3 aromatic rings. The fraction of sp³-hybridized carbons (Fsp3) is 0. The second kappa shape index (κ2) is 4.49. The van der Waals surface area contributed by atoms with Crippen molar-refractivity contribution < 1.29 is 8.42 Å². The monoisotopic (exact) mass is 313 g/mol. The Balaban J connectivity index is 2.21. The minimum Gasteiger partial charge on any atom is -0.223 e. The molecular weight excluding hydrogens is 306 g/mol. The maximum atomic E-state index is 11.2. The molecule has 98 valence electrons. The Morgan fingerprint density at radius 2 is 2.00 bits per heavy atom. The fourth-order valence-electron chi connectivity index (χ4n) is 1.36. The number of hydrogen-bond acceptors (Lipinski definition) is 7. The van der Waals surface area contributed by atoms with Crippen molar-refractivity contribution in [1.82, 2.24) is 14.0 Å². The van der Waals surface area contributed by atoms with Crippen LogP contribution in [0.4, 0.5) is 5.69 Å². The Morgan fingerprint density at radius 1 is 1.26 bits per heavy atom. The number of rotatable bonds is 2. The van der Waals surface area contributed by atoms with E-state index in [0.717, 1.165) is 28.6 Å². The highest BCUT2D eigenvalue weighted by Crippen LogP contribution is 2.16. The summed E-state index contributed by atoms with van der Waals surface area (Å²) in [7, 11) is -3.81. The molecule has 0 atom stereocenters. The Labute approximate surface area is 115 Å². The van der Waals surface area contributed by atoms with Gasteiger partial charge < -0.3 is 0 Å². The Bertz CT molecular complexity index is 891. The minimum atomic E-state index is -3.81. The molecule has 0 saturated carbocycles. The van der Waals surface area contributed by atoms with Crippen LogP contribution in [0.15, 0.2) is 39.7 Å². The quantitative estimate of drug-likeness (QED) is 0.753. The van der Waals surface area contributed by atoms with E-state index in [4.69, 9.17) is 5.14 Å². The Morgan fingerprint density at radius 3 is 2.68 bits per heavy atom. The molecule has 10 heteroatoms. The van der Waals surface area contributed by atoms with Gasteiger partial charge in [-0.1, -0.05) is 29.5 Å². The number of fused-ring (bicyclic) bond motifs is 1. The summed E-state index contributed by atoms with van der Waals surface area (Å²) in [6, 6.07) is 9.27. The summed E-state index contributed by atoms with van der Waals surface area (Å²) in [5.74, 6) is 0. The zero-order valence-electron chi connectivity index (χ0n) is 9.29. The van der Waals surface area contributed by atoms with Gasteiger partial charge in [0.25, 0.3) is 10.0 Å². The van der Waals surface area contributed by atoms with Gasteiger partial charge in [0.2, 0.25) is 14.1 Å². The van der Waals surface area contributed by atoms with Crippen LogP contribution in [0.2, 0.25) is 0 Å². The van der Waals surface area contributed by atoms with E-state index < -0.39 is 10.0 Å². The molecule has 0 spiro atoms. The van der Waals surface area contributed by atoms with Crippen LogP contribution in [0.25, 0.3) is 4.96 Å². The van der Waals surface area contributed by atoms with Gasteiger partial charge in [-0.25, -0.2) is 18.5 Å². The van der Waals surface area contributed by atoms with Crippen molar-refractivity contribution in [2.75, 3.05) is 0 Å². The van der Waals surface area contributed by atoms with Gasteiger partial charge in [0.15, 0.2) is 0 Å². The SMILES string of the molecule is NS(=O)(=O)c1nn2c(=Nc3ccccc3)snc2s1. The summed E-state index contributed by atoms with van der Waals surface area (Å²) < 4.78 is 27.8. The molecule has 0 radical (unpaired) electrons. The maximum Gasteiger partial charge on any atom is 0.267 e. The molecule has 0 aliphatic heterocycles. The lowest BCUT2D eigenvalue weighted by atomic mass is 10.3. The van der Waals surface area contributed by atoms with E-state index in [2.05, 4.69) is 14.5 Å². The summed E-state index contributed by atoms with van der Waals surface area (Å²) >= 11 is 2.06. The van der Waals surface area contributed by atoms with E-state index in [9.17, 15) is 8.42 Å². The summed E-state index contributed by atoms with van der Waals surface area (Å²) in [6.45, 7) is 0. The zero-order valence-corrected chi connectivity index (χ0v) is 11.7. The minimum absolute atomic E-state index is 0.174. The van der Waals surface area contributed by atoms with Gasteiger partial charge in [0.1, 0.15) is 0 Å². The van der Waals surface area contributed by atoms with Gasteiger partial charge in [-0.05, 0) is 12.1 Å². The van der Waals surface area contributed by atoms with Crippen molar-refractivity contribution in [3.63, 3.8) is 0 Å². The smallest absolute Gasteiger partial charge is 0.223 e. The maximum absolute atomic E-state index is 11.2. The fourth-order valence-corrected chi connectivity index (χ4v) is 3.65. The topological polar surface area (TPSA) is 103 Å². The number of nitrogens with two attached hydrogens (primary N) is 1. The number of primary sulfonamides is 1. The third kappa shape index (κ3) is 2.42. The molecule has 0 amide bonds. The van der Waals surface area contributed by atoms with Crippen LogP contribution >= 0.6 is 22.9 Å². The molecule has 0 aliphatic rings. The summed E-state index contributed by atoms with van der Waals surface area (Å²) in [6.07, 6.45) is 0. The molecule has 2 heterocycles. The molecule has 2 aromatic heterocycles. The second-order valence-electron chi connectivity index (χ2n) is 3.52. The molecule has 0 aliphatic carbocycles. The number of hydrogen-bond donors (Lipinski definition) is 1. The van der Waals surface area contributed by atoms with Crippen LogP contribution in [-0.2, 0) is 10.0 Å². The van der Waals surface area contributed by atoms with Crippen LogP contribution in [0.5, 0.6) is 0 Å². The van der Waals surface area contributed by atoms with Gasteiger partial charge in [-0.3, -0.25) is 0 Å². The molecule has 3 rings (SSSR count). The molecule has 1 aromatic carbocycles. The predicted octanol–water partition coefficient (Wildman–Crippen LogP) is 0.732.